The third kappa shape index (κ3) is 5.28. The highest BCUT2D eigenvalue weighted by Gasteiger charge is 2.36. The summed E-state index contributed by atoms with van der Waals surface area (Å²) >= 11 is 0. The van der Waals surface area contributed by atoms with Crippen LogP contribution in [-0.4, -0.2) is 9.55 Å². The van der Waals surface area contributed by atoms with Crippen molar-refractivity contribution in [3.63, 3.8) is 0 Å². The van der Waals surface area contributed by atoms with Crippen LogP contribution in [-0.2, 0) is 18.3 Å². The number of para-hydroxylation sites is 1. The van der Waals surface area contributed by atoms with E-state index in [1.165, 1.54) is 85.5 Å². The number of hydrogen-bond acceptors (Lipinski definition) is 2. The summed E-state index contributed by atoms with van der Waals surface area (Å²) in [6.07, 6.45) is 14.4. The van der Waals surface area contributed by atoms with Crippen molar-refractivity contribution >= 4 is 27.9 Å². The van der Waals surface area contributed by atoms with E-state index in [-0.39, 0.29) is 5.41 Å². The Morgan fingerprint density at radius 3 is 2.31 bits per heavy atom. The van der Waals surface area contributed by atoms with Crippen LogP contribution in [0.25, 0.3) is 44.4 Å². The van der Waals surface area contributed by atoms with Gasteiger partial charge in [-0.25, -0.2) is 0 Å². The molecule has 1 atom stereocenters. The normalized spacial score (nSPS) is 17.0. The van der Waals surface area contributed by atoms with Crippen LogP contribution >= 0.6 is 0 Å². The molecule has 10 rings (SSSR count). The molecular weight excluding hydrogens is 655 g/mol. The molecule has 0 saturated heterocycles. The van der Waals surface area contributed by atoms with E-state index in [1.54, 1.807) is 5.56 Å². The van der Waals surface area contributed by atoms with Gasteiger partial charge in [0, 0.05) is 63.1 Å². The predicted molar refractivity (Wildman–Crippen MR) is 226 cm³/mol. The molecule has 3 nitrogen and oxygen atoms in total. The Labute approximate surface area is 319 Å². The monoisotopic (exact) mass is 699 g/mol. The number of aryl methyl sites for hydroxylation is 1. The third-order valence-electron chi connectivity index (χ3n) is 12.3. The Morgan fingerprint density at radius 1 is 0.667 bits per heavy atom. The molecule has 5 aromatic carbocycles. The van der Waals surface area contributed by atoms with Gasteiger partial charge in [-0.15, -0.1) is 0 Å². The molecule has 0 amide bonds. The second-order valence-electron chi connectivity index (χ2n) is 16.0. The molecule has 0 N–H and O–H groups in total. The number of rotatable bonds is 6. The number of aromatic nitrogens is 2. The summed E-state index contributed by atoms with van der Waals surface area (Å²) in [6, 6.07) is 47.3. The number of benzene rings is 5. The lowest BCUT2D eigenvalue weighted by atomic mass is 9.82. The fourth-order valence-electron chi connectivity index (χ4n) is 9.61. The molecule has 2 aromatic heterocycles. The molecule has 1 unspecified atom stereocenters. The summed E-state index contributed by atoms with van der Waals surface area (Å²) in [4.78, 5) is 6.94. The van der Waals surface area contributed by atoms with E-state index in [2.05, 4.69) is 169 Å². The molecule has 0 aliphatic heterocycles. The molecule has 3 aliphatic rings. The zero-order valence-electron chi connectivity index (χ0n) is 31.4. The average Bonchev–Trinajstić information content (AvgIpc) is 3.67. The van der Waals surface area contributed by atoms with Gasteiger partial charge in [-0.1, -0.05) is 99.6 Å². The van der Waals surface area contributed by atoms with E-state index in [9.17, 15) is 0 Å². The highest BCUT2D eigenvalue weighted by atomic mass is 15.2. The van der Waals surface area contributed by atoms with Gasteiger partial charge in [0.1, 0.15) is 0 Å². The van der Waals surface area contributed by atoms with E-state index in [4.69, 9.17) is 0 Å². The van der Waals surface area contributed by atoms with Crippen molar-refractivity contribution < 1.29 is 0 Å². The van der Waals surface area contributed by atoms with Crippen LogP contribution in [0, 0.1) is 5.92 Å². The molecule has 3 aliphatic carbocycles. The molecule has 0 radical (unpaired) electrons. The number of pyridine rings is 1. The van der Waals surface area contributed by atoms with Crippen molar-refractivity contribution in [2.75, 3.05) is 4.90 Å². The smallest absolute Gasteiger partial charge is 0.0534 e. The summed E-state index contributed by atoms with van der Waals surface area (Å²) in [7, 11) is 0. The largest absolute Gasteiger partial charge is 0.314 e. The van der Waals surface area contributed by atoms with Gasteiger partial charge in [-0.3, -0.25) is 4.98 Å². The molecule has 0 saturated carbocycles. The number of hydrogen-bond donors (Lipinski definition) is 0. The summed E-state index contributed by atoms with van der Waals surface area (Å²) in [6.45, 7) is 7.14. The number of allylic oxidation sites excluding steroid dienone is 4. The van der Waals surface area contributed by atoms with E-state index in [1.807, 2.05) is 18.5 Å². The lowest BCUT2D eigenvalue weighted by Gasteiger charge is -2.35. The van der Waals surface area contributed by atoms with Crippen molar-refractivity contribution in [2.45, 2.75) is 58.3 Å². The molecule has 0 spiro atoms. The lowest BCUT2D eigenvalue weighted by molar-refractivity contribution is 0.658. The third-order valence-corrected chi connectivity index (χ3v) is 12.3. The first-order chi connectivity index (χ1) is 26.5. The minimum atomic E-state index is -0.0813. The maximum atomic E-state index is 4.43. The van der Waals surface area contributed by atoms with Crippen LogP contribution in [0.15, 0.2) is 158 Å². The lowest BCUT2D eigenvalue weighted by Crippen LogP contribution is -2.24. The predicted octanol–water partition coefficient (Wildman–Crippen LogP) is 13.0. The Bertz CT molecular complexity index is 2620. The minimum Gasteiger partial charge on any atom is -0.314 e. The second kappa shape index (κ2) is 12.9. The average molecular weight is 700 g/mol. The first kappa shape index (κ1) is 32.7. The van der Waals surface area contributed by atoms with E-state index >= 15 is 0 Å². The van der Waals surface area contributed by atoms with Gasteiger partial charge in [-0.05, 0) is 137 Å². The zero-order valence-corrected chi connectivity index (χ0v) is 31.4. The Morgan fingerprint density at radius 2 is 1.46 bits per heavy atom. The maximum Gasteiger partial charge on any atom is 0.0534 e. The highest BCUT2D eigenvalue weighted by Crippen LogP contribution is 2.51. The number of anilines is 2. The van der Waals surface area contributed by atoms with E-state index < -0.39 is 0 Å². The fourth-order valence-corrected chi connectivity index (χ4v) is 9.61. The van der Waals surface area contributed by atoms with E-state index in [0.717, 1.165) is 30.5 Å². The molecule has 54 heavy (non-hydrogen) atoms. The van der Waals surface area contributed by atoms with Crippen molar-refractivity contribution in [1.29, 1.82) is 0 Å². The van der Waals surface area contributed by atoms with Crippen molar-refractivity contribution in [1.82, 2.24) is 9.55 Å². The summed E-state index contributed by atoms with van der Waals surface area (Å²) in [5.74, 6) is 0.295. The molecule has 264 valence electrons. The molecule has 7 aromatic rings. The standard InChI is InChI=1S/C51H45N3/c1-34-29-36(37-23-27-50-45(31-37)44-19-8-10-21-49(44)54(50)39-15-5-4-6-16-39)22-26-48(34)53(40-17-11-13-35(30-40)38-14-12-28-52-33-38)41-24-25-43-42-18-7-9-20-46(42)51(2,3)47(43)32-41/h4-7,9,11-18,20,22-28,30-34H,8,10,19,21,29H2,1-3H3. The number of fused-ring (bicyclic) bond motifs is 6. The van der Waals surface area contributed by atoms with Gasteiger partial charge in [0.25, 0.3) is 0 Å². The maximum absolute atomic E-state index is 4.43. The van der Waals surface area contributed by atoms with Crippen molar-refractivity contribution in [3.8, 4) is 27.9 Å². The molecule has 0 fully saturated rings. The van der Waals surface area contributed by atoms with Gasteiger partial charge in [0.05, 0.1) is 5.52 Å². The highest BCUT2D eigenvalue weighted by molar-refractivity contribution is 5.91. The Kier molecular flexibility index (Phi) is 7.80. The van der Waals surface area contributed by atoms with Gasteiger partial charge < -0.3 is 9.47 Å². The van der Waals surface area contributed by atoms with Gasteiger partial charge in [-0.2, -0.15) is 0 Å². The minimum absolute atomic E-state index is 0.0813. The van der Waals surface area contributed by atoms with Gasteiger partial charge >= 0.3 is 0 Å². The molecule has 2 heterocycles. The van der Waals surface area contributed by atoms with Crippen LogP contribution in [0.1, 0.15) is 68.0 Å². The quantitative estimate of drug-likeness (QED) is 0.172. The first-order valence-electron chi connectivity index (χ1n) is 19.6. The van der Waals surface area contributed by atoms with E-state index in [0.29, 0.717) is 5.92 Å². The molecule has 3 heteroatoms. The van der Waals surface area contributed by atoms with Crippen molar-refractivity contribution in [2.24, 2.45) is 5.92 Å². The van der Waals surface area contributed by atoms with Crippen LogP contribution in [0.3, 0.4) is 0 Å². The molecular formula is C51H45N3. The van der Waals surface area contributed by atoms with Gasteiger partial charge in [0.15, 0.2) is 0 Å². The summed E-state index contributed by atoms with van der Waals surface area (Å²) in [5, 5.41) is 1.42. The summed E-state index contributed by atoms with van der Waals surface area (Å²) in [5.41, 5.74) is 19.7. The van der Waals surface area contributed by atoms with Crippen molar-refractivity contribution in [3.05, 3.63) is 186 Å². The zero-order chi connectivity index (χ0) is 36.4. The van der Waals surface area contributed by atoms with Crippen LogP contribution < -0.4 is 4.90 Å². The first-order valence-corrected chi connectivity index (χ1v) is 19.6. The second-order valence-corrected chi connectivity index (χ2v) is 16.0. The van der Waals surface area contributed by atoms with Gasteiger partial charge in [0.2, 0.25) is 0 Å². The summed E-state index contributed by atoms with van der Waals surface area (Å²) < 4.78 is 2.53. The topological polar surface area (TPSA) is 21.1 Å². The van der Waals surface area contributed by atoms with Crippen LogP contribution in [0.5, 0.6) is 0 Å². The fraction of sp³-hybridized carbons (Fsp3) is 0.196. The molecule has 0 bridgehead atoms. The van der Waals surface area contributed by atoms with Crippen LogP contribution in [0.2, 0.25) is 0 Å². The number of nitrogens with zero attached hydrogens (tertiary/aromatic N) is 3. The Hall–Kier alpha value is -5.93. The SMILES string of the molecule is CC1CC(c2ccc3c(c2)c2c(n3-c3ccccc3)CCCC2)=CC=C1N(c1cccc(-c2cccnc2)c1)c1ccc2c(c1)C(C)(C)c1ccccc1-2. The Balaban J connectivity index is 1.09. The van der Waals surface area contributed by atoms with Crippen LogP contribution in [0.4, 0.5) is 11.4 Å².